The van der Waals surface area contributed by atoms with Crippen molar-refractivity contribution in [1.82, 2.24) is 0 Å². The van der Waals surface area contributed by atoms with Crippen molar-refractivity contribution in [3.8, 4) is 11.5 Å². The lowest BCUT2D eigenvalue weighted by Gasteiger charge is -2.07. The van der Waals surface area contributed by atoms with Crippen molar-refractivity contribution in [2.24, 2.45) is 0 Å². The number of aromatic hydroxyl groups is 1. The third-order valence-corrected chi connectivity index (χ3v) is 5.12. The van der Waals surface area contributed by atoms with E-state index in [9.17, 15) is 5.11 Å². The van der Waals surface area contributed by atoms with Gasteiger partial charge in [0.1, 0.15) is 0 Å². The molecule has 0 atom stereocenters. The van der Waals surface area contributed by atoms with Crippen molar-refractivity contribution >= 4 is 0 Å². The van der Waals surface area contributed by atoms with Gasteiger partial charge in [0.25, 0.3) is 0 Å². The summed E-state index contributed by atoms with van der Waals surface area (Å²) in [5.41, 5.74) is 0. The molecule has 1 rings (SSSR count). The summed E-state index contributed by atoms with van der Waals surface area (Å²) in [6.07, 6.45) is 22.1. The molecule has 1 aromatic carbocycles. The zero-order chi connectivity index (χ0) is 20.7. The summed E-state index contributed by atoms with van der Waals surface area (Å²) in [7, 11) is 0. The van der Waals surface area contributed by atoms with E-state index in [1.54, 1.807) is 6.07 Å². The Kier molecular flexibility index (Phi) is 21.2. The maximum Gasteiger partial charge on any atom is 0.160 e. The highest BCUT2D eigenvalue weighted by Crippen LogP contribution is 2.24. The van der Waals surface area contributed by atoms with Gasteiger partial charge < -0.3 is 9.84 Å². The molecular weight excluding hydrogens is 344 g/mol. The Balaban J connectivity index is 0.00000352. The highest BCUT2D eigenvalue weighted by atomic mass is 16.5. The molecule has 0 fully saturated rings. The van der Waals surface area contributed by atoms with E-state index in [1.807, 2.05) is 32.0 Å². The molecule has 164 valence electrons. The maximum absolute atomic E-state index is 9.62. The Morgan fingerprint density at radius 1 is 0.607 bits per heavy atom. The first-order valence-electron chi connectivity index (χ1n) is 12.3. The van der Waals surface area contributed by atoms with Crippen LogP contribution in [0.4, 0.5) is 0 Å². The molecule has 0 aromatic heterocycles. The van der Waals surface area contributed by atoms with E-state index in [2.05, 4.69) is 6.92 Å². The van der Waals surface area contributed by atoms with Gasteiger partial charge in [0, 0.05) is 0 Å². The van der Waals surface area contributed by atoms with Crippen LogP contribution in [-0.2, 0) is 0 Å². The quantitative estimate of drug-likeness (QED) is 0.252. The maximum atomic E-state index is 9.62. The number of hydrogen-bond donors (Lipinski definition) is 1. The van der Waals surface area contributed by atoms with Gasteiger partial charge in [-0.05, 0) is 18.6 Å². The molecule has 0 heterocycles. The highest BCUT2D eigenvalue weighted by molar-refractivity contribution is 5.37. The first kappa shape index (κ1) is 26.8. The molecule has 1 aromatic rings. The molecule has 28 heavy (non-hydrogen) atoms. The lowest BCUT2D eigenvalue weighted by Crippen LogP contribution is -1.97. The number of rotatable bonds is 18. The smallest absolute Gasteiger partial charge is 0.160 e. The third kappa shape index (κ3) is 17.0. The highest BCUT2D eigenvalue weighted by Gasteiger charge is 1.99. The summed E-state index contributed by atoms with van der Waals surface area (Å²) >= 11 is 0. The molecule has 2 heteroatoms. The fourth-order valence-corrected chi connectivity index (χ4v) is 3.41. The summed E-state index contributed by atoms with van der Waals surface area (Å²) in [6.45, 7) is 6.99. The molecule has 0 amide bonds. The van der Waals surface area contributed by atoms with Crippen molar-refractivity contribution in [2.75, 3.05) is 6.61 Å². The number of phenols is 1. The average Bonchev–Trinajstić information content (AvgIpc) is 2.73. The largest absolute Gasteiger partial charge is 0.504 e. The minimum Gasteiger partial charge on any atom is -0.504 e. The summed E-state index contributed by atoms with van der Waals surface area (Å²) in [4.78, 5) is 0. The minimum absolute atomic E-state index is 0.240. The second kappa shape index (κ2) is 22.1. The molecule has 0 bridgehead atoms. The average molecular weight is 393 g/mol. The molecular formula is C26H48O2. The standard InChI is InChI=1S/C24H42O2.C2H6/c1-2-3-4-5-6-7-8-9-10-11-12-13-14-15-16-19-22-26-24-21-18-17-20-23(24)25;1-2/h17-18,20-21,25H,2-16,19,22H2,1H3;1-2H3. The van der Waals surface area contributed by atoms with Gasteiger partial charge in [-0.3, -0.25) is 0 Å². The second-order valence-electron chi connectivity index (χ2n) is 7.62. The zero-order valence-corrected chi connectivity index (χ0v) is 19.2. The van der Waals surface area contributed by atoms with E-state index >= 15 is 0 Å². The number of unbranched alkanes of at least 4 members (excludes halogenated alkanes) is 15. The van der Waals surface area contributed by atoms with Crippen LogP contribution in [0.15, 0.2) is 24.3 Å². The van der Waals surface area contributed by atoms with Gasteiger partial charge >= 0.3 is 0 Å². The molecule has 0 saturated carbocycles. The van der Waals surface area contributed by atoms with E-state index in [-0.39, 0.29) is 5.75 Å². The number of hydrogen-bond acceptors (Lipinski definition) is 2. The first-order chi connectivity index (χ1) is 13.8. The van der Waals surface area contributed by atoms with Gasteiger partial charge in [0.05, 0.1) is 6.61 Å². The topological polar surface area (TPSA) is 29.5 Å². The number of para-hydroxylation sites is 2. The fraction of sp³-hybridized carbons (Fsp3) is 0.769. The van der Waals surface area contributed by atoms with Crippen molar-refractivity contribution in [1.29, 1.82) is 0 Å². The van der Waals surface area contributed by atoms with Crippen molar-refractivity contribution < 1.29 is 9.84 Å². The Morgan fingerprint density at radius 3 is 1.43 bits per heavy atom. The van der Waals surface area contributed by atoms with Crippen LogP contribution in [0.5, 0.6) is 11.5 Å². The molecule has 1 N–H and O–H groups in total. The molecule has 0 aliphatic rings. The molecule has 0 saturated heterocycles. The summed E-state index contributed by atoms with van der Waals surface area (Å²) < 4.78 is 5.61. The Labute approximate surface area is 176 Å². The van der Waals surface area contributed by atoms with Crippen LogP contribution in [0, 0.1) is 0 Å². The normalized spacial score (nSPS) is 10.4. The van der Waals surface area contributed by atoms with Crippen LogP contribution >= 0.6 is 0 Å². The van der Waals surface area contributed by atoms with Gasteiger partial charge in [0.2, 0.25) is 0 Å². The molecule has 0 unspecified atom stereocenters. The van der Waals surface area contributed by atoms with Gasteiger partial charge in [-0.2, -0.15) is 0 Å². The van der Waals surface area contributed by atoms with E-state index in [0.717, 1.165) is 6.42 Å². The van der Waals surface area contributed by atoms with Crippen LogP contribution in [0.3, 0.4) is 0 Å². The Bertz CT molecular complexity index is 417. The van der Waals surface area contributed by atoms with Crippen LogP contribution in [-0.4, -0.2) is 11.7 Å². The van der Waals surface area contributed by atoms with Crippen molar-refractivity contribution in [2.45, 2.75) is 124 Å². The third-order valence-electron chi connectivity index (χ3n) is 5.12. The zero-order valence-electron chi connectivity index (χ0n) is 19.2. The first-order valence-corrected chi connectivity index (χ1v) is 12.3. The predicted octanol–water partition coefficient (Wildman–Crippen LogP) is 9.06. The fourth-order valence-electron chi connectivity index (χ4n) is 3.41. The van der Waals surface area contributed by atoms with Crippen LogP contribution in [0.25, 0.3) is 0 Å². The second-order valence-corrected chi connectivity index (χ2v) is 7.62. The summed E-state index contributed by atoms with van der Waals surface area (Å²) in [5, 5.41) is 9.62. The molecule has 0 aliphatic carbocycles. The van der Waals surface area contributed by atoms with E-state index in [0.29, 0.717) is 12.4 Å². The molecule has 0 aliphatic heterocycles. The lowest BCUT2D eigenvalue weighted by molar-refractivity contribution is 0.288. The van der Waals surface area contributed by atoms with Gasteiger partial charge in [-0.1, -0.05) is 129 Å². The SMILES string of the molecule is CC.CCCCCCCCCCCCCCCCCCOc1ccccc1O. The number of benzene rings is 1. The van der Waals surface area contributed by atoms with E-state index in [1.165, 1.54) is 96.3 Å². The predicted molar refractivity (Wildman–Crippen MR) is 124 cm³/mol. The van der Waals surface area contributed by atoms with Crippen molar-refractivity contribution in [3.05, 3.63) is 24.3 Å². The van der Waals surface area contributed by atoms with Gasteiger partial charge in [0.15, 0.2) is 11.5 Å². The summed E-state index contributed by atoms with van der Waals surface area (Å²) in [6, 6.07) is 7.20. The van der Waals surface area contributed by atoms with Gasteiger partial charge in [-0.25, -0.2) is 0 Å². The van der Waals surface area contributed by atoms with Crippen LogP contribution in [0.2, 0.25) is 0 Å². The van der Waals surface area contributed by atoms with Crippen LogP contribution < -0.4 is 4.74 Å². The van der Waals surface area contributed by atoms with Crippen LogP contribution in [0.1, 0.15) is 124 Å². The molecule has 0 radical (unpaired) electrons. The van der Waals surface area contributed by atoms with Crippen molar-refractivity contribution in [3.63, 3.8) is 0 Å². The minimum atomic E-state index is 0.240. The number of phenolic OH excluding ortho intramolecular Hbond substituents is 1. The monoisotopic (exact) mass is 392 g/mol. The Hall–Kier alpha value is -1.18. The van der Waals surface area contributed by atoms with E-state index < -0.39 is 0 Å². The van der Waals surface area contributed by atoms with E-state index in [4.69, 9.17) is 4.74 Å². The van der Waals surface area contributed by atoms with Gasteiger partial charge in [-0.15, -0.1) is 0 Å². The molecule has 2 nitrogen and oxygen atoms in total. The lowest BCUT2D eigenvalue weighted by atomic mass is 10.0. The Morgan fingerprint density at radius 2 is 1.00 bits per heavy atom. The summed E-state index contributed by atoms with van der Waals surface area (Å²) in [5.74, 6) is 0.845. The number of ether oxygens (including phenoxy) is 1. The molecule has 0 spiro atoms.